The van der Waals surface area contributed by atoms with E-state index in [-0.39, 0.29) is 24.2 Å². The number of ether oxygens (including phenoxy) is 1. The maximum absolute atomic E-state index is 12.4. The van der Waals surface area contributed by atoms with Crippen LogP contribution in [-0.2, 0) is 14.8 Å². The molecule has 2 amide bonds. The lowest BCUT2D eigenvalue weighted by molar-refractivity contribution is 0.109. The summed E-state index contributed by atoms with van der Waals surface area (Å²) in [5, 5.41) is 2.97. The summed E-state index contributed by atoms with van der Waals surface area (Å²) in [5.74, 6) is 0. The molecule has 0 aromatic rings. The smallest absolute Gasteiger partial charge is 0.317 e. The fraction of sp³-hybridized carbons (Fsp3) is 0.941. The molecule has 0 radical (unpaired) electrons. The van der Waals surface area contributed by atoms with Gasteiger partial charge in [0.05, 0.1) is 12.4 Å². The molecule has 1 saturated carbocycles. The van der Waals surface area contributed by atoms with Crippen LogP contribution in [0, 0.1) is 0 Å². The van der Waals surface area contributed by atoms with E-state index in [4.69, 9.17) is 4.74 Å². The first-order valence-electron chi connectivity index (χ1n) is 9.58. The van der Waals surface area contributed by atoms with Crippen LogP contribution in [0.2, 0.25) is 0 Å². The van der Waals surface area contributed by atoms with Crippen molar-refractivity contribution in [3.05, 3.63) is 0 Å². The summed E-state index contributed by atoms with van der Waals surface area (Å²) in [4.78, 5) is 14.2. The van der Waals surface area contributed by atoms with Crippen LogP contribution in [0.25, 0.3) is 0 Å². The Hall–Kier alpha value is -0.860. The van der Waals surface area contributed by atoms with E-state index in [1.165, 1.54) is 6.26 Å². The Morgan fingerprint density at radius 1 is 1.08 bits per heavy atom. The Kier molecular flexibility index (Phi) is 6.22. The van der Waals surface area contributed by atoms with Gasteiger partial charge in [0.15, 0.2) is 0 Å². The summed E-state index contributed by atoms with van der Waals surface area (Å²) in [7, 11) is -3.20. The van der Waals surface area contributed by atoms with Gasteiger partial charge < -0.3 is 15.0 Å². The quantitative estimate of drug-likeness (QED) is 0.793. The number of amides is 2. The molecule has 2 heterocycles. The van der Waals surface area contributed by atoms with Crippen molar-refractivity contribution in [1.82, 2.24) is 14.5 Å². The standard InChI is InChI=1S/C17H31N3O4S/c1-25(22,23)20(14-5-2-6-14)15-7-3-10-19(11-9-15)17(21)18-13-16-8-4-12-24-16/h14-16H,2-13H2,1H3,(H,18,21)/t15-,16-/m1/s1. The molecule has 3 aliphatic rings. The molecule has 0 bridgehead atoms. The van der Waals surface area contributed by atoms with Crippen LogP contribution in [0.3, 0.4) is 0 Å². The molecule has 2 aliphatic heterocycles. The normalized spacial score (nSPS) is 28.6. The molecule has 0 aromatic heterocycles. The van der Waals surface area contributed by atoms with E-state index in [9.17, 15) is 13.2 Å². The molecule has 144 valence electrons. The molecule has 25 heavy (non-hydrogen) atoms. The summed E-state index contributed by atoms with van der Waals surface area (Å²) in [6, 6.07) is 0.141. The maximum atomic E-state index is 12.4. The van der Waals surface area contributed by atoms with Crippen LogP contribution in [0.1, 0.15) is 51.4 Å². The van der Waals surface area contributed by atoms with Gasteiger partial charge in [-0.3, -0.25) is 0 Å². The Labute approximate surface area is 151 Å². The van der Waals surface area contributed by atoms with Gasteiger partial charge in [0.1, 0.15) is 0 Å². The van der Waals surface area contributed by atoms with Crippen LogP contribution in [-0.4, -0.2) is 74.3 Å². The van der Waals surface area contributed by atoms with E-state index in [0.717, 1.165) is 58.0 Å². The van der Waals surface area contributed by atoms with Gasteiger partial charge in [-0.05, 0) is 44.9 Å². The minimum absolute atomic E-state index is 0.0243. The van der Waals surface area contributed by atoms with Crippen molar-refractivity contribution in [3.63, 3.8) is 0 Å². The minimum atomic E-state index is -3.20. The van der Waals surface area contributed by atoms with Crippen LogP contribution < -0.4 is 5.32 Å². The van der Waals surface area contributed by atoms with Crippen molar-refractivity contribution in [3.8, 4) is 0 Å². The first-order valence-corrected chi connectivity index (χ1v) is 11.4. The van der Waals surface area contributed by atoms with Crippen molar-refractivity contribution in [2.75, 3.05) is 32.5 Å². The van der Waals surface area contributed by atoms with Crippen LogP contribution in [0.15, 0.2) is 0 Å². The molecule has 1 aliphatic carbocycles. The highest BCUT2D eigenvalue weighted by atomic mass is 32.2. The summed E-state index contributed by atoms with van der Waals surface area (Å²) in [6.45, 7) is 2.65. The van der Waals surface area contributed by atoms with Crippen molar-refractivity contribution in [2.45, 2.75) is 69.6 Å². The van der Waals surface area contributed by atoms with Crippen molar-refractivity contribution < 1.29 is 17.9 Å². The summed E-state index contributed by atoms with van der Waals surface area (Å²) < 4.78 is 31.8. The molecule has 1 N–H and O–H groups in total. The third kappa shape index (κ3) is 4.86. The second kappa shape index (κ2) is 8.22. The summed E-state index contributed by atoms with van der Waals surface area (Å²) in [5.41, 5.74) is 0. The van der Waals surface area contributed by atoms with Gasteiger partial charge in [-0.15, -0.1) is 0 Å². The highest BCUT2D eigenvalue weighted by molar-refractivity contribution is 7.88. The molecule has 2 atom stereocenters. The van der Waals surface area contributed by atoms with Gasteiger partial charge in [0.25, 0.3) is 0 Å². The van der Waals surface area contributed by atoms with Crippen LogP contribution in [0.5, 0.6) is 0 Å². The van der Waals surface area contributed by atoms with Gasteiger partial charge in [-0.1, -0.05) is 6.42 Å². The first kappa shape index (κ1) is 18.9. The lowest BCUT2D eigenvalue weighted by atomic mass is 9.91. The van der Waals surface area contributed by atoms with Crippen LogP contribution in [0.4, 0.5) is 4.79 Å². The second-order valence-electron chi connectivity index (χ2n) is 7.57. The largest absolute Gasteiger partial charge is 0.376 e. The zero-order valence-electron chi connectivity index (χ0n) is 15.2. The Balaban J connectivity index is 1.53. The van der Waals surface area contributed by atoms with Gasteiger partial charge >= 0.3 is 6.03 Å². The highest BCUT2D eigenvalue weighted by Crippen LogP contribution is 2.31. The highest BCUT2D eigenvalue weighted by Gasteiger charge is 2.37. The van der Waals surface area contributed by atoms with Crippen LogP contribution >= 0.6 is 0 Å². The van der Waals surface area contributed by atoms with Gasteiger partial charge in [0, 0.05) is 38.3 Å². The number of carbonyl (C=O) groups excluding carboxylic acids is 1. The van der Waals surface area contributed by atoms with Crippen molar-refractivity contribution >= 4 is 16.1 Å². The number of hydrogen-bond acceptors (Lipinski definition) is 4. The maximum Gasteiger partial charge on any atom is 0.317 e. The van der Waals surface area contributed by atoms with E-state index in [2.05, 4.69) is 5.32 Å². The average Bonchev–Trinajstić information content (AvgIpc) is 2.91. The monoisotopic (exact) mass is 373 g/mol. The molecule has 8 heteroatoms. The number of urea groups is 1. The minimum Gasteiger partial charge on any atom is -0.376 e. The lowest BCUT2D eigenvalue weighted by Gasteiger charge is -2.40. The van der Waals surface area contributed by atoms with E-state index in [0.29, 0.717) is 19.6 Å². The van der Waals surface area contributed by atoms with Gasteiger partial charge in [-0.2, -0.15) is 4.31 Å². The fourth-order valence-corrected chi connectivity index (χ4v) is 5.64. The van der Waals surface area contributed by atoms with Gasteiger partial charge in [-0.25, -0.2) is 13.2 Å². The van der Waals surface area contributed by atoms with E-state index >= 15 is 0 Å². The van der Waals surface area contributed by atoms with E-state index in [1.807, 2.05) is 4.90 Å². The predicted molar refractivity (Wildman–Crippen MR) is 95.9 cm³/mol. The SMILES string of the molecule is CS(=O)(=O)N(C1CCC1)[C@@H]1CCCN(C(=O)NC[C@H]2CCCO2)CC1. The van der Waals surface area contributed by atoms with Gasteiger partial charge in [0.2, 0.25) is 10.0 Å². The Bertz CT molecular complexity index is 558. The molecule has 0 unspecified atom stereocenters. The number of likely N-dealkylation sites (tertiary alicyclic amines) is 1. The number of sulfonamides is 1. The van der Waals surface area contributed by atoms with E-state index in [1.54, 1.807) is 4.31 Å². The number of hydrogen-bond donors (Lipinski definition) is 1. The number of rotatable bonds is 5. The number of carbonyl (C=O) groups is 1. The molecule has 7 nitrogen and oxygen atoms in total. The molecule has 0 aromatic carbocycles. The molecule has 0 spiro atoms. The molecule has 2 saturated heterocycles. The topological polar surface area (TPSA) is 79.0 Å². The number of nitrogens with one attached hydrogen (secondary N) is 1. The third-order valence-electron chi connectivity index (χ3n) is 5.67. The second-order valence-corrected chi connectivity index (χ2v) is 9.46. The zero-order valence-corrected chi connectivity index (χ0v) is 16.0. The molecule has 3 fully saturated rings. The predicted octanol–water partition coefficient (Wildman–Crippen LogP) is 1.54. The average molecular weight is 374 g/mol. The first-order chi connectivity index (χ1) is 11.9. The Morgan fingerprint density at radius 3 is 2.40 bits per heavy atom. The molecular weight excluding hydrogens is 342 g/mol. The molecular formula is C17H31N3O4S. The number of nitrogens with zero attached hydrogens (tertiary/aromatic N) is 2. The lowest BCUT2D eigenvalue weighted by Crippen LogP contribution is -2.50. The van der Waals surface area contributed by atoms with E-state index < -0.39 is 10.0 Å². The van der Waals surface area contributed by atoms with Crippen molar-refractivity contribution in [1.29, 1.82) is 0 Å². The zero-order chi connectivity index (χ0) is 17.9. The Morgan fingerprint density at radius 2 is 1.80 bits per heavy atom. The summed E-state index contributed by atoms with van der Waals surface area (Å²) in [6.07, 6.45) is 8.98. The third-order valence-corrected chi connectivity index (χ3v) is 7.03. The molecule has 3 rings (SSSR count). The van der Waals surface area contributed by atoms with Crippen molar-refractivity contribution in [2.24, 2.45) is 0 Å². The fourth-order valence-electron chi connectivity index (χ4n) is 4.14. The summed E-state index contributed by atoms with van der Waals surface area (Å²) >= 11 is 0.